The molecule has 1 unspecified atom stereocenters. The molecule has 0 aliphatic carbocycles. The van der Waals surface area contributed by atoms with Crippen LogP contribution in [0.3, 0.4) is 0 Å². The third kappa shape index (κ3) is 3.12. The zero-order chi connectivity index (χ0) is 14.7. The lowest BCUT2D eigenvalue weighted by molar-refractivity contribution is 0.0696. The van der Waals surface area contributed by atoms with Crippen LogP contribution in [0.2, 0.25) is 0 Å². The van der Waals surface area contributed by atoms with Gasteiger partial charge in [-0.1, -0.05) is 12.1 Å². The molecule has 2 aromatic rings. The maximum atomic E-state index is 13.8. The first kappa shape index (κ1) is 14.0. The predicted octanol–water partition coefficient (Wildman–Crippen LogP) is 3.84. The summed E-state index contributed by atoms with van der Waals surface area (Å²) in [5.41, 5.74) is 0.891. The quantitative estimate of drug-likeness (QED) is 0.892. The fourth-order valence-corrected chi connectivity index (χ4v) is 1.83. The van der Waals surface area contributed by atoms with Crippen molar-refractivity contribution in [2.45, 2.75) is 13.0 Å². The molecule has 0 saturated carbocycles. The predicted molar refractivity (Wildman–Crippen MR) is 71.8 cm³/mol. The number of anilines is 1. The highest BCUT2D eigenvalue weighted by molar-refractivity contribution is 5.88. The van der Waals surface area contributed by atoms with Gasteiger partial charge >= 0.3 is 5.97 Å². The molecule has 0 heterocycles. The second-order valence-electron chi connectivity index (χ2n) is 4.42. The first-order chi connectivity index (χ1) is 9.47. The highest BCUT2D eigenvalue weighted by Gasteiger charge is 2.11. The Labute approximate surface area is 114 Å². The number of nitrogens with one attached hydrogen (secondary N) is 1. The van der Waals surface area contributed by atoms with E-state index in [0.29, 0.717) is 0 Å². The van der Waals surface area contributed by atoms with Crippen LogP contribution in [0.25, 0.3) is 0 Å². The summed E-state index contributed by atoms with van der Waals surface area (Å²) in [4.78, 5) is 10.7. The summed E-state index contributed by atoms with van der Waals surface area (Å²) in [6.45, 7) is 1.80. The van der Waals surface area contributed by atoms with E-state index in [2.05, 4.69) is 5.32 Å². The molecule has 0 aliphatic rings. The third-order valence-electron chi connectivity index (χ3n) is 2.96. The van der Waals surface area contributed by atoms with Crippen molar-refractivity contribution >= 4 is 11.7 Å². The first-order valence-electron chi connectivity index (χ1n) is 6.02. The van der Waals surface area contributed by atoms with Crippen LogP contribution in [0.5, 0.6) is 0 Å². The molecule has 0 spiro atoms. The van der Waals surface area contributed by atoms with E-state index in [4.69, 9.17) is 5.11 Å². The molecule has 0 bridgehead atoms. The van der Waals surface area contributed by atoms with Crippen LogP contribution < -0.4 is 5.32 Å². The minimum atomic E-state index is -1.18. The zero-order valence-corrected chi connectivity index (χ0v) is 10.7. The third-order valence-corrected chi connectivity index (χ3v) is 2.96. The van der Waals surface area contributed by atoms with Gasteiger partial charge in [-0.3, -0.25) is 0 Å². The van der Waals surface area contributed by atoms with Crippen LogP contribution >= 0.6 is 0 Å². The molecule has 3 nitrogen and oxygen atoms in total. The van der Waals surface area contributed by atoms with Gasteiger partial charge in [-0.25, -0.2) is 13.6 Å². The summed E-state index contributed by atoms with van der Waals surface area (Å²) in [6, 6.07) is 9.30. The number of aromatic carboxylic acids is 1. The molecule has 0 fully saturated rings. The van der Waals surface area contributed by atoms with Gasteiger partial charge in [0.05, 0.1) is 11.3 Å². The van der Waals surface area contributed by atoms with E-state index in [1.54, 1.807) is 19.1 Å². The minimum absolute atomic E-state index is 0.109. The standard InChI is InChI=1S/C15H13F2NO2/c1-9(10-2-5-12(16)6-3-10)18-14-7-4-11(15(19)20)8-13(14)17/h2-9,18H,1H3,(H,19,20). The Hall–Kier alpha value is -2.43. The Balaban J connectivity index is 2.17. The number of benzene rings is 2. The van der Waals surface area contributed by atoms with Gasteiger partial charge in [0.2, 0.25) is 0 Å². The minimum Gasteiger partial charge on any atom is -0.478 e. The van der Waals surface area contributed by atoms with Gasteiger partial charge in [-0.05, 0) is 42.8 Å². The SMILES string of the molecule is CC(Nc1ccc(C(=O)O)cc1F)c1ccc(F)cc1. The second kappa shape index (κ2) is 5.69. The fourth-order valence-electron chi connectivity index (χ4n) is 1.83. The number of halogens is 2. The summed E-state index contributed by atoms with van der Waals surface area (Å²) in [7, 11) is 0. The summed E-state index contributed by atoms with van der Waals surface area (Å²) in [5.74, 6) is -2.15. The average molecular weight is 277 g/mol. The monoisotopic (exact) mass is 277 g/mol. The van der Waals surface area contributed by atoms with Crippen molar-refractivity contribution in [1.29, 1.82) is 0 Å². The Bertz CT molecular complexity index is 626. The van der Waals surface area contributed by atoms with Crippen LogP contribution in [0.1, 0.15) is 28.9 Å². The van der Waals surface area contributed by atoms with Crippen molar-refractivity contribution in [1.82, 2.24) is 0 Å². The molecule has 2 N–H and O–H groups in total. The summed E-state index contributed by atoms with van der Waals surface area (Å²) in [6.07, 6.45) is 0. The van der Waals surface area contributed by atoms with E-state index in [1.807, 2.05) is 0 Å². The number of hydrogen-bond donors (Lipinski definition) is 2. The van der Waals surface area contributed by atoms with Crippen LogP contribution in [0.15, 0.2) is 42.5 Å². The van der Waals surface area contributed by atoms with Crippen molar-refractivity contribution in [3.63, 3.8) is 0 Å². The molecule has 0 amide bonds. The Morgan fingerprint density at radius 1 is 1.15 bits per heavy atom. The van der Waals surface area contributed by atoms with Gasteiger partial charge in [0, 0.05) is 6.04 Å². The lowest BCUT2D eigenvalue weighted by atomic mass is 10.1. The molecule has 2 aromatic carbocycles. The summed E-state index contributed by atoms with van der Waals surface area (Å²) in [5, 5.41) is 11.7. The van der Waals surface area contributed by atoms with E-state index in [-0.39, 0.29) is 23.1 Å². The maximum absolute atomic E-state index is 13.8. The number of rotatable bonds is 4. The van der Waals surface area contributed by atoms with Gasteiger partial charge in [-0.2, -0.15) is 0 Å². The molecule has 0 aliphatic heterocycles. The van der Waals surface area contributed by atoms with Crippen molar-refractivity contribution in [2.24, 2.45) is 0 Å². The molecule has 0 saturated heterocycles. The fraction of sp³-hybridized carbons (Fsp3) is 0.133. The van der Waals surface area contributed by atoms with Crippen LogP contribution in [-0.4, -0.2) is 11.1 Å². The van der Waals surface area contributed by atoms with E-state index in [0.717, 1.165) is 11.6 Å². The van der Waals surface area contributed by atoms with Crippen LogP contribution in [0, 0.1) is 11.6 Å². The topological polar surface area (TPSA) is 49.3 Å². The highest BCUT2D eigenvalue weighted by atomic mass is 19.1. The van der Waals surface area contributed by atoms with Crippen molar-refractivity contribution in [3.05, 3.63) is 65.2 Å². The maximum Gasteiger partial charge on any atom is 0.335 e. The average Bonchev–Trinajstić information content (AvgIpc) is 2.41. The number of hydrogen-bond acceptors (Lipinski definition) is 2. The van der Waals surface area contributed by atoms with Gasteiger partial charge in [0.25, 0.3) is 0 Å². The molecule has 5 heteroatoms. The number of carboxylic acid groups (broad SMARTS) is 1. The number of carboxylic acids is 1. The van der Waals surface area contributed by atoms with E-state index >= 15 is 0 Å². The molecule has 1 atom stereocenters. The van der Waals surface area contributed by atoms with Crippen molar-refractivity contribution < 1.29 is 18.7 Å². The Kier molecular flexibility index (Phi) is 3.98. The molecular formula is C15H13F2NO2. The van der Waals surface area contributed by atoms with E-state index in [1.165, 1.54) is 24.3 Å². The smallest absolute Gasteiger partial charge is 0.335 e. The Morgan fingerprint density at radius 3 is 2.35 bits per heavy atom. The van der Waals surface area contributed by atoms with Gasteiger partial charge in [0.15, 0.2) is 0 Å². The molecule has 2 rings (SSSR count). The first-order valence-corrected chi connectivity index (χ1v) is 6.02. The molecule has 20 heavy (non-hydrogen) atoms. The molecular weight excluding hydrogens is 264 g/mol. The van der Waals surface area contributed by atoms with Crippen LogP contribution in [0.4, 0.5) is 14.5 Å². The van der Waals surface area contributed by atoms with Crippen LogP contribution in [-0.2, 0) is 0 Å². The zero-order valence-electron chi connectivity index (χ0n) is 10.7. The normalized spacial score (nSPS) is 11.9. The summed E-state index contributed by atoms with van der Waals surface area (Å²) >= 11 is 0. The highest BCUT2D eigenvalue weighted by Crippen LogP contribution is 2.22. The van der Waals surface area contributed by atoms with E-state index in [9.17, 15) is 13.6 Å². The largest absolute Gasteiger partial charge is 0.478 e. The van der Waals surface area contributed by atoms with Crippen molar-refractivity contribution in [2.75, 3.05) is 5.32 Å². The van der Waals surface area contributed by atoms with Gasteiger partial charge in [-0.15, -0.1) is 0 Å². The lowest BCUT2D eigenvalue weighted by Crippen LogP contribution is -2.08. The molecule has 0 radical (unpaired) electrons. The number of carbonyl (C=O) groups is 1. The van der Waals surface area contributed by atoms with Crippen molar-refractivity contribution in [3.8, 4) is 0 Å². The second-order valence-corrected chi connectivity index (χ2v) is 4.42. The molecule has 0 aromatic heterocycles. The summed E-state index contributed by atoms with van der Waals surface area (Å²) < 4.78 is 26.6. The van der Waals surface area contributed by atoms with Gasteiger partial charge in [0.1, 0.15) is 11.6 Å². The lowest BCUT2D eigenvalue weighted by Gasteiger charge is -2.16. The molecule has 104 valence electrons. The van der Waals surface area contributed by atoms with E-state index < -0.39 is 11.8 Å². The Morgan fingerprint density at radius 2 is 1.80 bits per heavy atom. The van der Waals surface area contributed by atoms with Gasteiger partial charge < -0.3 is 10.4 Å².